The molecule has 3 nitrogen and oxygen atoms in total. The van der Waals surface area contributed by atoms with Gasteiger partial charge in [0.25, 0.3) is 0 Å². The van der Waals surface area contributed by atoms with E-state index >= 15 is 0 Å². The van der Waals surface area contributed by atoms with E-state index < -0.39 is 0 Å². The van der Waals surface area contributed by atoms with Gasteiger partial charge in [0.05, 0.1) is 5.71 Å². The summed E-state index contributed by atoms with van der Waals surface area (Å²) in [6.07, 6.45) is 6.26. The fourth-order valence-electron chi connectivity index (χ4n) is 1.77. The number of nitrogens with zero attached hydrogens (tertiary/aromatic N) is 1. The second-order valence-electron chi connectivity index (χ2n) is 3.72. The molecule has 0 bridgehead atoms. The van der Waals surface area contributed by atoms with Crippen LogP contribution in [0.15, 0.2) is 5.16 Å². The minimum absolute atomic E-state index is 0.283. The van der Waals surface area contributed by atoms with Gasteiger partial charge in [-0.25, -0.2) is 0 Å². The molecule has 0 aromatic heterocycles. The average molecular weight is 168 g/mol. The Bertz CT molecular complexity index is 187. The summed E-state index contributed by atoms with van der Waals surface area (Å²) in [4.78, 5) is 5.27. The normalized spacial score (nSPS) is 29.4. The van der Waals surface area contributed by atoms with Crippen LogP contribution in [-0.2, 0) is 4.84 Å². The molecule has 0 spiro atoms. The maximum Gasteiger partial charge on any atom is 0.134 e. The Hall–Kier alpha value is -0.570. The van der Waals surface area contributed by atoms with Crippen LogP contribution in [0.2, 0.25) is 0 Å². The summed E-state index contributed by atoms with van der Waals surface area (Å²) >= 11 is 0. The predicted octanol–water partition coefficient (Wildman–Crippen LogP) is 1.28. The van der Waals surface area contributed by atoms with Crippen LogP contribution in [0.5, 0.6) is 0 Å². The highest BCUT2D eigenvalue weighted by Crippen LogP contribution is 2.32. The molecule has 1 fully saturated rings. The van der Waals surface area contributed by atoms with Crippen molar-refractivity contribution in [2.24, 2.45) is 16.8 Å². The third-order valence-corrected chi connectivity index (χ3v) is 2.82. The minimum Gasteiger partial charge on any atom is -0.392 e. The van der Waals surface area contributed by atoms with E-state index in [0.29, 0.717) is 6.54 Å². The first-order chi connectivity index (χ1) is 5.90. The van der Waals surface area contributed by atoms with E-state index in [9.17, 15) is 0 Å². The molecule has 1 unspecified atom stereocenters. The summed E-state index contributed by atoms with van der Waals surface area (Å²) in [5.41, 5.74) is 6.74. The molecule has 1 heterocycles. The van der Waals surface area contributed by atoms with Gasteiger partial charge >= 0.3 is 0 Å². The maximum atomic E-state index is 5.45. The van der Waals surface area contributed by atoms with Gasteiger partial charge in [0.15, 0.2) is 0 Å². The molecule has 68 valence electrons. The van der Waals surface area contributed by atoms with Crippen LogP contribution < -0.4 is 5.73 Å². The molecule has 0 aromatic rings. The van der Waals surface area contributed by atoms with Crippen LogP contribution in [0.25, 0.3) is 0 Å². The first-order valence-electron chi connectivity index (χ1n) is 4.83. The number of hydrogen-bond donors (Lipinski definition) is 1. The van der Waals surface area contributed by atoms with Gasteiger partial charge in [0, 0.05) is 12.3 Å². The summed E-state index contributed by atoms with van der Waals surface area (Å²) in [5, 5.41) is 4.12. The summed E-state index contributed by atoms with van der Waals surface area (Å²) < 4.78 is 0. The Morgan fingerprint density at radius 1 is 1.50 bits per heavy atom. The summed E-state index contributed by atoms with van der Waals surface area (Å²) in [5.74, 6) is 0.743. The molecule has 0 aromatic carbocycles. The smallest absolute Gasteiger partial charge is 0.134 e. The van der Waals surface area contributed by atoms with Gasteiger partial charge in [0.1, 0.15) is 6.10 Å². The third kappa shape index (κ3) is 1.46. The molecule has 0 amide bonds. The Balaban J connectivity index is 1.79. The standard InChI is InChI=1S/C9H16N2O/c10-5-4-8-6-9(11-12-8)7-2-1-3-7/h7-8H,1-6,10H2. The van der Waals surface area contributed by atoms with E-state index in [2.05, 4.69) is 5.16 Å². The Labute approximate surface area is 72.9 Å². The number of rotatable bonds is 3. The molecule has 3 heteroatoms. The van der Waals surface area contributed by atoms with Gasteiger partial charge in [-0.2, -0.15) is 0 Å². The van der Waals surface area contributed by atoms with Crippen molar-refractivity contribution in [1.29, 1.82) is 0 Å². The van der Waals surface area contributed by atoms with Gasteiger partial charge < -0.3 is 10.6 Å². The Morgan fingerprint density at radius 3 is 2.92 bits per heavy atom. The summed E-state index contributed by atoms with van der Waals surface area (Å²) in [7, 11) is 0. The fourth-order valence-corrected chi connectivity index (χ4v) is 1.77. The van der Waals surface area contributed by atoms with Crippen molar-refractivity contribution < 1.29 is 4.84 Å². The van der Waals surface area contributed by atoms with Gasteiger partial charge in [-0.1, -0.05) is 11.6 Å². The van der Waals surface area contributed by atoms with Crippen LogP contribution in [0.4, 0.5) is 0 Å². The summed E-state index contributed by atoms with van der Waals surface area (Å²) in [6.45, 7) is 0.706. The van der Waals surface area contributed by atoms with E-state index in [0.717, 1.165) is 18.8 Å². The van der Waals surface area contributed by atoms with Crippen LogP contribution in [0, 0.1) is 5.92 Å². The molecule has 1 aliphatic heterocycles. The van der Waals surface area contributed by atoms with Gasteiger partial charge in [0.2, 0.25) is 0 Å². The average Bonchev–Trinajstić information content (AvgIpc) is 2.34. The van der Waals surface area contributed by atoms with Crippen LogP contribution in [-0.4, -0.2) is 18.4 Å². The molecule has 2 aliphatic rings. The predicted molar refractivity (Wildman–Crippen MR) is 47.9 cm³/mol. The molecule has 1 saturated carbocycles. The zero-order valence-corrected chi connectivity index (χ0v) is 7.33. The lowest BCUT2D eigenvalue weighted by molar-refractivity contribution is 0.0809. The quantitative estimate of drug-likeness (QED) is 0.690. The molecule has 1 atom stereocenters. The zero-order valence-electron chi connectivity index (χ0n) is 7.33. The van der Waals surface area contributed by atoms with Crippen molar-refractivity contribution in [3.05, 3.63) is 0 Å². The minimum atomic E-state index is 0.283. The van der Waals surface area contributed by atoms with Crippen LogP contribution in [0.1, 0.15) is 32.1 Å². The van der Waals surface area contributed by atoms with Crippen molar-refractivity contribution in [1.82, 2.24) is 0 Å². The summed E-state index contributed by atoms with van der Waals surface area (Å²) in [6, 6.07) is 0. The third-order valence-electron chi connectivity index (χ3n) is 2.82. The lowest BCUT2D eigenvalue weighted by atomic mass is 9.80. The van der Waals surface area contributed by atoms with Gasteiger partial charge in [-0.05, 0) is 25.8 Å². The highest BCUT2D eigenvalue weighted by Gasteiger charge is 2.30. The fraction of sp³-hybridized carbons (Fsp3) is 0.889. The molecule has 2 rings (SSSR count). The van der Waals surface area contributed by atoms with E-state index in [1.807, 2.05) is 0 Å². The Kier molecular flexibility index (Phi) is 2.30. The highest BCUT2D eigenvalue weighted by molar-refractivity contribution is 5.88. The molecule has 0 radical (unpaired) electrons. The number of hydrogen-bond acceptors (Lipinski definition) is 3. The number of oxime groups is 1. The highest BCUT2D eigenvalue weighted by atomic mass is 16.6. The SMILES string of the molecule is NCCC1CC(C2CCC2)=NO1. The van der Waals surface area contributed by atoms with Crippen molar-refractivity contribution in [3.63, 3.8) is 0 Å². The van der Waals surface area contributed by atoms with E-state index in [-0.39, 0.29) is 6.10 Å². The second kappa shape index (κ2) is 3.44. The number of nitrogens with two attached hydrogens (primary N) is 1. The first-order valence-corrected chi connectivity index (χ1v) is 4.83. The molecular weight excluding hydrogens is 152 g/mol. The van der Waals surface area contributed by atoms with Gasteiger partial charge in [-0.15, -0.1) is 0 Å². The van der Waals surface area contributed by atoms with E-state index in [1.165, 1.54) is 25.0 Å². The van der Waals surface area contributed by atoms with Crippen molar-refractivity contribution in [3.8, 4) is 0 Å². The van der Waals surface area contributed by atoms with E-state index in [1.54, 1.807) is 0 Å². The van der Waals surface area contributed by atoms with Crippen molar-refractivity contribution >= 4 is 5.71 Å². The maximum absolute atomic E-state index is 5.45. The zero-order chi connectivity index (χ0) is 8.39. The second-order valence-corrected chi connectivity index (χ2v) is 3.72. The molecule has 12 heavy (non-hydrogen) atoms. The van der Waals surface area contributed by atoms with Gasteiger partial charge in [-0.3, -0.25) is 0 Å². The molecular formula is C9H16N2O. The molecule has 0 saturated heterocycles. The topological polar surface area (TPSA) is 47.6 Å². The van der Waals surface area contributed by atoms with Crippen LogP contribution >= 0.6 is 0 Å². The van der Waals surface area contributed by atoms with Crippen molar-refractivity contribution in [2.75, 3.05) is 6.54 Å². The largest absolute Gasteiger partial charge is 0.392 e. The lowest BCUT2D eigenvalue weighted by Gasteiger charge is -2.24. The van der Waals surface area contributed by atoms with E-state index in [4.69, 9.17) is 10.6 Å². The molecule has 2 N–H and O–H groups in total. The lowest BCUT2D eigenvalue weighted by Crippen LogP contribution is -2.22. The molecule has 1 aliphatic carbocycles. The van der Waals surface area contributed by atoms with Crippen molar-refractivity contribution in [2.45, 2.75) is 38.2 Å². The monoisotopic (exact) mass is 168 g/mol. The van der Waals surface area contributed by atoms with Crippen LogP contribution in [0.3, 0.4) is 0 Å². The first kappa shape index (κ1) is 8.05. The Morgan fingerprint density at radius 2 is 2.33 bits per heavy atom.